The summed E-state index contributed by atoms with van der Waals surface area (Å²) in [5, 5.41) is 0.893. The molecule has 0 bridgehead atoms. The molecule has 2 aromatic rings. The van der Waals surface area contributed by atoms with Gasteiger partial charge in [0.05, 0.1) is 25.1 Å². The average Bonchev–Trinajstić information content (AvgIpc) is 2.26. The van der Waals surface area contributed by atoms with E-state index in [2.05, 4.69) is 9.97 Å². The molecule has 1 aromatic heterocycles. The van der Waals surface area contributed by atoms with Crippen molar-refractivity contribution < 1.29 is 9.47 Å². The van der Waals surface area contributed by atoms with E-state index < -0.39 is 0 Å². The standard InChI is InChI=1S/C11H12N2O2/c1-7-4-5-8-9(6-7)12-11(15-3)13-10(8)14-2/h4-6H,1-3H3. The Labute approximate surface area is 87.9 Å². The molecular weight excluding hydrogens is 192 g/mol. The van der Waals surface area contributed by atoms with Crippen molar-refractivity contribution in [3.05, 3.63) is 23.8 Å². The smallest absolute Gasteiger partial charge is 0.320 e. The first-order valence-corrected chi connectivity index (χ1v) is 4.61. The van der Waals surface area contributed by atoms with E-state index in [1.807, 2.05) is 25.1 Å². The van der Waals surface area contributed by atoms with Gasteiger partial charge in [-0.3, -0.25) is 0 Å². The SMILES string of the molecule is COc1nc(OC)c2ccc(C)cc2n1. The molecule has 0 radical (unpaired) electrons. The van der Waals surface area contributed by atoms with Crippen LogP contribution in [0.1, 0.15) is 5.56 Å². The van der Waals surface area contributed by atoms with Gasteiger partial charge in [0, 0.05) is 0 Å². The van der Waals surface area contributed by atoms with Crippen LogP contribution in [-0.2, 0) is 0 Å². The normalized spacial score (nSPS) is 10.3. The topological polar surface area (TPSA) is 44.2 Å². The van der Waals surface area contributed by atoms with Crippen molar-refractivity contribution in [2.45, 2.75) is 6.92 Å². The molecule has 0 saturated carbocycles. The van der Waals surface area contributed by atoms with Gasteiger partial charge in [-0.05, 0) is 24.6 Å². The van der Waals surface area contributed by atoms with Gasteiger partial charge in [0.1, 0.15) is 0 Å². The number of fused-ring (bicyclic) bond motifs is 1. The third kappa shape index (κ3) is 1.70. The van der Waals surface area contributed by atoms with E-state index in [1.165, 1.54) is 7.11 Å². The molecule has 0 spiro atoms. The van der Waals surface area contributed by atoms with Gasteiger partial charge < -0.3 is 9.47 Å². The van der Waals surface area contributed by atoms with Gasteiger partial charge in [0.2, 0.25) is 5.88 Å². The Morgan fingerprint density at radius 3 is 2.53 bits per heavy atom. The average molecular weight is 204 g/mol. The fraction of sp³-hybridized carbons (Fsp3) is 0.273. The van der Waals surface area contributed by atoms with Crippen molar-refractivity contribution in [3.8, 4) is 11.9 Å². The minimum atomic E-state index is 0.324. The summed E-state index contributed by atoms with van der Waals surface area (Å²) in [5.74, 6) is 0.539. The fourth-order valence-corrected chi connectivity index (χ4v) is 1.44. The summed E-state index contributed by atoms with van der Waals surface area (Å²) in [7, 11) is 3.12. The number of rotatable bonds is 2. The zero-order valence-corrected chi connectivity index (χ0v) is 8.94. The van der Waals surface area contributed by atoms with Crippen molar-refractivity contribution in [2.24, 2.45) is 0 Å². The van der Waals surface area contributed by atoms with Gasteiger partial charge in [0.25, 0.3) is 0 Å². The van der Waals surface area contributed by atoms with Gasteiger partial charge in [-0.15, -0.1) is 0 Å². The van der Waals surface area contributed by atoms with E-state index in [1.54, 1.807) is 7.11 Å². The molecule has 0 saturated heterocycles. The summed E-state index contributed by atoms with van der Waals surface area (Å²) < 4.78 is 10.2. The zero-order valence-electron chi connectivity index (χ0n) is 8.94. The lowest BCUT2D eigenvalue weighted by Crippen LogP contribution is -1.97. The lowest BCUT2D eigenvalue weighted by molar-refractivity contribution is 0.357. The monoisotopic (exact) mass is 204 g/mol. The van der Waals surface area contributed by atoms with Crippen LogP contribution in [0.4, 0.5) is 0 Å². The van der Waals surface area contributed by atoms with Gasteiger partial charge in [-0.2, -0.15) is 9.97 Å². The molecule has 0 N–H and O–H groups in total. The second-order valence-corrected chi connectivity index (χ2v) is 3.24. The highest BCUT2D eigenvalue weighted by molar-refractivity contribution is 5.84. The molecule has 0 aliphatic rings. The highest BCUT2D eigenvalue weighted by Crippen LogP contribution is 2.24. The van der Waals surface area contributed by atoms with E-state index in [4.69, 9.17) is 9.47 Å². The molecular formula is C11H12N2O2. The number of methoxy groups -OCH3 is 2. The van der Waals surface area contributed by atoms with Crippen molar-refractivity contribution in [1.29, 1.82) is 0 Å². The lowest BCUT2D eigenvalue weighted by Gasteiger charge is -2.06. The summed E-state index contributed by atoms with van der Waals surface area (Å²) >= 11 is 0. The zero-order chi connectivity index (χ0) is 10.8. The van der Waals surface area contributed by atoms with Gasteiger partial charge in [-0.25, -0.2) is 0 Å². The van der Waals surface area contributed by atoms with Crippen molar-refractivity contribution in [3.63, 3.8) is 0 Å². The summed E-state index contributed by atoms with van der Waals surface area (Å²) in [6.07, 6.45) is 0. The Morgan fingerprint density at radius 2 is 1.87 bits per heavy atom. The molecule has 78 valence electrons. The first-order chi connectivity index (χ1) is 7.24. The lowest BCUT2D eigenvalue weighted by atomic mass is 10.2. The highest BCUT2D eigenvalue weighted by atomic mass is 16.5. The highest BCUT2D eigenvalue weighted by Gasteiger charge is 2.07. The number of hydrogen-bond donors (Lipinski definition) is 0. The van der Waals surface area contributed by atoms with Crippen LogP contribution >= 0.6 is 0 Å². The van der Waals surface area contributed by atoms with Gasteiger partial charge in [0.15, 0.2) is 0 Å². The maximum Gasteiger partial charge on any atom is 0.320 e. The Morgan fingerprint density at radius 1 is 1.07 bits per heavy atom. The molecule has 1 aromatic carbocycles. The summed E-state index contributed by atoms with van der Waals surface area (Å²) in [6, 6.07) is 6.25. The molecule has 2 rings (SSSR count). The largest absolute Gasteiger partial charge is 0.480 e. The second kappa shape index (κ2) is 3.73. The van der Waals surface area contributed by atoms with Crippen LogP contribution < -0.4 is 9.47 Å². The van der Waals surface area contributed by atoms with Crippen LogP contribution in [0.25, 0.3) is 10.9 Å². The molecule has 1 heterocycles. The molecule has 4 heteroatoms. The van der Waals surface area contributed by atoms with Crippen molar-refractivity contribution in [2.75, 3.05) is 14.2 Å². The van der Waals surface area contributed by atoms with E-state index >= 15 is 0 Å². The summed E-state index contributed by atoms with van der Waals surface area (Å²) in [4.78, 5) is 8.36. The molecule has 0 unspecified atom stereocenters. The first kappa shape index (κ1) is 9.71. The van der Waals surface area contributed by atoms with E-state index in [0.717, 1.165) is 16.5 Å². The molecule has 0 aliphatic carbocycles. The molecule has 0 atom stereocenters. The minimum absolute atomic E-state index is 0.324. The molecule has 0 fully saturated rings. The quantitative estimate of drug-likeness (QED) is 0.750. The summed E-state index contributed by atoms with van der Waals surface area (Å²) in [5.41, 5.74) is 1.98. The summed E-state index contributed by atoms with van der Waals surface area (Å²) in [6.45, 7) is 2.01. The second-order valence-electron chi connectivity index (χ2n) is 3.24. The number of aryl methyl sites for hydroxylation is 1. The predicted molar refractivity (Wildman–Crippen MR) is 57.4 cm³/mol. The fourth-order valence-electron chi connectivity index (χ4n) is 1.44. The maximum absolute atomic E-state index is 5.18. The van der Waals surface area contributed by atoms with Crippen LogP contribution in [-0.4, -0.2) is 24.2 Å². The Balaban J connectivity index is 2.74. The first-order valence-electron chi connectivity index (χ1n) is 4.61. The predicted octanol–water partition coefficient (Wildman–Crippen LogP) is 1.96. The minimum Gasteiger partial charge on any atom is -0.480 e. The van der Waals surface area contributed by atoms with Crippen molar-refractivity contribution in [1.82, 2.24) is 9.97 Å². The Hall–Kier alpha value is -1.84. The van der Waals surface area contributed by atoms with Crippen LogP contribution in [0.15, 0.2) is 18.2 Å². The third-order valence-electron chi connectivity index (χ3n) is 2.17. The van der Waals surface area contributed by atoms with Gasteiger partial charge in [-0.1, -0.05) is 6.07 Å². The number of aromatic nitrogens is 2. The molecule has 15 heavy (non-hydrogen) atoms. The van der Waals surface area contributed by atoms with Crippen LogP contribution in [0, 0.1) is 6.92 Å². The maximum atomic E-state index is 5.18. The number of nitrogens with zero attached hydrogens (tertiary/aromatic N) is 2. The van der Waals surface area contributed by atoms with E-state index in [9.17, 15) is 0 Å². The number of ether oxygens (including phenoxy) is 2. The van der Waals surface area contributed by atoms with Crippen LogP contribution in [0.2, 0.25) is 0 Å². The number of benzene rings is 1. The van der Waals surface area contributed by atoms with E-state index in [-0.39, 0.29) is 0 Å². The Bertz CT molecular complexity index is 497. The molecule has 4 nitrogen and oxygen atoms in total. The van der Waals surface area contributed by atoms with Crippen molar-refractivity contribution >= 4 is 10.9 Å². The van der Waals surface area contributed by atoms with Crippen LogP contribution in [0.3, 0.4) is 0 Å². The van der Waals surface area contributed by atoms with E-state index in [0.29, 0.717) is 11.9 Å². The van der Waals surface area contributed by atoms with Crippen LogP contribution in [0.5, 0.6) is 11.9 Å². The number of hydrogen-bond acceptors (Lipinski definition) is 4. The molecule has 0 amide bonds. The third-order valence-corrected chi connectivity index (χ3v) is 2.17. The Kier molecular flexibility index (Phi) is 2.41. The molecule has 0 aliphatic heterocycles. The van der Waals surface area contributed by atoms with Gasteiger partial charge >= 0.3 is 6.01 Å².